The molecule has 0 saturated heterocycles. The van der Waals surface area contributed by atoms with Gasteiger partial charge in [-0.1, -0.05) is 6.92 Å². The third-order valence-corrected chi connectivity index (χ3v) is 4.38. The second-order valence-corrected chi connectivity index (χ2v) is 5.78. The van der Waals surface area contributed by atoms with E-state index >= 15 is 0 Å². The van der Waals surface area contributed by atoms with Gasteiger partial charge in [0.15, 0.2) is 0 Å². The van der Waals surface area contributed by atoms with Crippen molar-refractivity contribution >= 4 is 0 Å². The zero-order valence-corrected chi connectivity index (χ0v) is 12.2. The average molecular weight is 304 g/mol. The number of halogens is 3. The fourth-order valence-corrected chi connectivity index (χ4v) is 3.23. The summed E-state index contributed by atoms with van der Waals surface area (Å²) >= 11 is 0. The lowest BCUT2D eigenvalue weighted by molar-refractivity contribution is -0.184. The van der Waals surface area contributed by atoms with Gasteiger partial charge in [-0.05, 0) is 38.0 Å². The van der Waals surface area contributed by atoms with Gasteiger partial charge in [0, 0.05) is 18.9 Å². The Kier molecular flexibility index (Phi) is 5.27. The Morgan fingerprint density at radius 1 is 1.38 bits per heavy atom. The molecule has 0 spiro atoms. The van der Waals surface area contributed by atoms with Crippen LogP contribution < -0.4 is 11.3 Å². The Morgan fingerprint density at radius 2 is 2.05 bits per heavy atom. The maximum atomic E-state index is 12.7. The minimum absolute atomic E-state index is 0.103. The number of imidazole rings is 1. The first-order valence-corrected chi connectivity index (χ1v) is 7.51. The molecular formula is C14H23F3N4. The molecule has 0 radical (unpaired) electrons. The molecule has 1 saturated carbocycles. The first-order chi connectivity index (χ1) is 9.97. The lowest BCUT2D eigenvalue weighted by atomic mass is 9.78. The molecule has 1 unspecified atom stereocenters. The van der Waals surface area contributed by atoms with Crippen molar-refractivity contribution in [3.63, 3.8) is 0 Å². The van der Waals surface area contributed by atoms with E-state index in [1.54, 1.807) is 6.20 Å². The standard InChI is InChI=1S/C14H23F3N4/c1-2-8-21-9-7-19-13(21)12(20-18)10-3-5-11(6-4-10)14(15,16)17/h7,9-12,20H,2-6,8,18H2,1H3. The summed E-state index contributed by atoms with van der Waals surface area (Å²) in [6, 6.07) is -0.180. The van der Waals surface area contributed by atoms with E-state index in [9.17, 15) is 13.2 Å². The number of alkyl halides is 3. The van der Waals surface area contributed by atoms with Crippen LogP contribution in [0.5, 0.6) is 0 Å². The third-order valence-electron chi connectivity index (χ3n) is 4.38. The van der Waals surface area contributed by atoms with Crippen LogP contribution >= 0.6 is 0 Å². The molecule has 1 heterocycles. The molecule has 1 fully saturated rings. The summed E-state index contributed by atoms with van der Waals surface area (Å²) in [6.07, 6.45) is 1.93. The second-order valence-electron chi connectivity index (χ2n) is 5.78. The van der Waals surface area contributed by atoms with Gasteiger partial charge >= 0.3 is 6.18 Å². The summed E-state index contributed by atoms with van der Waals surface area (Å²) in [6.45, 7) is 2.91. The molecule has 1 atom stereocenters. The van der Waals surface area contributed by atoms with Gasteiger partial charge in [0.25, 0.3) is 0 Å². The van der Waals surface area contributed by atoms with Crippen molar-refractivity contribution in [3.05, 3.63) is 18.2 Å². The molecule has 1 aliphatic carbocycles. The van der Waals surface area contributed by atoms with Crippen molar-refractivity contribution in [2.45, 2.75) is 57.8 Å². The molecule has 1 aromatic heterocycles. The van der Waals surface area contributed by atoms with Crippen LogP contribution in [-0.4, -0.2) is 15.7 Å². The summed E-state index contributed by atoms with van der Waals surface area (Å²) in [5.41, 5.74) is 2.76. The summed E-state index contributed by atoms with van der Waals surface area (Å²) in [5, 5.41) is 0. The van der Waals surface area contributed by atoms with Crippen LogP contribution in [0.4, 0.5) is 13.2 Å². The number of nitrogens with zero attached hydrogens (tertiary/aromatic N) is 2. The van der Waals surface area contributed by atoms with Crippen LogP contribution in [0.25, 0.3) is 0 Å². The van der Waals surface area contributed by atoms with Gasteiger partial charge in [-0.25, -0.2) is 10.4 Å². The van der Waals surface area contributed by atoms with E-state index in [0.717, 1.165) is 18.8 Å². The molecule has 2 rings (SSSR count). The molecule has 0 bridgehead atoms. The molecule has 7 heteroatoms. The number of rotatable bonds is 5. The molecule has 3 N–H and O–H groups in total. The highest BCUT2D eigenvalue weighted by Gasteiger charge is 2.43. The van der Waals surface area contributed by atoms with E-state index < -0.39 is 12.1 Å². The van der Waals surface area contributed by atoms with Crippen LogP contribution in [-0.2, 0) is 6.54 Å². The smallest absolute Gasteiger partial charge is 0.334 e. The summed E-state index contributed by atoms with van der Waals surface area (Å²) in [5.74, 6) is 5.42. The fraction of sp³-hybridized carbons (Fsp3) is 0.786. The summed E-state index contributed by atoms with van der Waals surface area (Å²) in [4.78, 5) is 4.35. The topological polar surface area (TPSA) is 55.9 Å². The number of nitrogens with two attached hydrogens (primary N) is 1. The van der Waals surface area contributed by atoms with Gasteiger partial charge in [-0.2, -0.15) is 13.2 Å². The summed E-state index contributed by atoms with van der Waals surface area (Å²) < 4.78 is 40.2. The first kappa shape index (κ1) is 16.3. The number of hydrogen-bond acceptors (Lipinski definition) is 3. The Hall–Kier alpha value is -1.08. The Labute approximate surface area is 122 Å². The quantitative estimate of drug-likeness (QED) is 0.649. The molecule has 1 aliphatic rings. The molecule has 21 heavy (non-hydrogen) atoms. The van der Waals surface area contributed by atoms with Crippen molar-refractivity contribution in [2.24, 2.45) is 17.7 Å². The molecule has 0 amide bonds. The average Bonchev–Trinajstić information content (AvgIpc) is 2.88. The zero-order chi connectivity index (χ0) is 15.5. The number of aryl methyl sites for hydroxylation is 1. The van der Waals surface area contributed by atoms with E-state index in [2.05, 4.69) is 17.3 Å². The van der Waals surface area contributed by atoms with E-state index in [4.69, 9.17) is 5.84 Å². The van der Waals surface area contributed by atoms with Crippen LogP contribution in [0.1, 0.15) is 50.9 Å². The molecule has 0 aliphatic heterocycles. The summed E-state index contributed by atoms with van der Waals surface area (Å²) in [7, 11) is 0. The Bertz CT molecular complexity index is 436. The SMILES string of the molecule is CCCn1ccnc1C(NN)C1CCC(C(F)(F)F)CC1. The predicted molar refractivity (Wildman–Crippen MR) is 74.1 cm³/mol. The Balaban J connectivity index is 2.04. The molecule has 4 nitrogen and oxygen atoms in total. The Morgan fingerprint density at radius 3 is 2.57 bits per heavy atom. The molecule has 1 aromatic rings. The van der Waals surface area contributed by atoms with Crippen molar-refractivity contribution in [1.82, 2.24) is 15.0 Å². The maximum absolute atomic E-state index is 12.7. The number of hydrazine groups is 1. The lowest BCUT2D eigenvalue weighted by Gasteiger charge is -2.34. The minimum atomic E-state index is -4.07. The van der Waals surface area contributed by atoms with E-state index in [-0.39, 0.29) is 24.8 Å². The maximum Gasteiger partial charge on any atom is 0.391 e. The van der Waals surface area contributed by atoms with Gasteiger partial charge < -0.3 is 4.57 Å². The number of aromatic nitrogens is 2. The van der Waals surface area contributed by atoms with Gasteiger partial charge in [0.2, 0.25) is 0 Å². The number of hydrogen-bond donors (Lipinski definition) is 2. The predicted octanol–water partition coefficient (Wildman–Crippen LogP) is 3.17. The zero-order valence-electron chi connectivity index (χ0n) is 12.2. The first-order valence-electron chi connectivity index (χ1n) is 7.51. The van der Waals surface area contributed by atoms with Gasteiger partial charge in [0.05, 0.1) is 12.0 Å². The molecule has 120 valence electrons. The van der Waals surface area contributed by atoms with Gasteiger partial charge in [-0.15, -0.1) is 0 Å². The monoisotopic (exact) mass is 304 g/mol. The van der Waals surface area contributed by atoms with Gasteiger partial charge in [-0.3, -0.25) is 5.84 Å². The van der Waals surface area contributed by atoms with Crippen molar-refractivity contribution in [2.75, 3.05) is 0 Å². The highest BCUT2D eigenvalue weighted by Crippen LogP contribution is 2.42. The van der Waals surface area contributed by atoms with E-state index in [0.29, 0.717) is 12.8 Å². The van der Waals surface area contributed by atoms with Crippen LogP contribution in [0.3, 0.4) is 0 Å². The van der Waals surface area contributed by atoms with Gasteiger partial charge in [0.1, 0.15) is 5.82 Å². The van der Waals surface area contributed by atoms with Crippen LogP contribution in [0, 0.1) is 11.8 Å². The van der Waals surface area contributed by atoms with Crippen molar-refractivity contribution < 1.29 is 13.2 Å². The number of nitrogens with one attached hydrogen (secondary N) is 1. The van der Waals surface area contributed by atoms with Crippen LogP contribution in [0.2, 0.25) is 0 Å². The normalized spacial score (nSPS) is 25.0. The lowest BCUT2D eigenvalue weighted by Crippen LogP contribution is -2.38. The molecular weight excluding hydrogens is 281 g/mol. The van der Waals surface area contributed by atoms with E-state index in [1.165, 1.54) is 0 Å². The largest absolute Gasteiger partial charge is 0.391 e. The molecule has 0 aromatic carbocycles. The van der Waals surface area contributed by atoms with Crippen LogP contribution in [0.15, 0.2) is 12.4 Å². The van der Waals surface area contributed by atoms with E-state index in [1.807, 2.05) is 10.8 Å². The van der Waals surface area contributed by atoms with Crippen molar-refractivity contribution in [1.29, 1.82) is 0 Å². The van der Waals surface area contributed by atoms with Crippen molar-refractivity contribution in [3.8, 4) is 0 Å². The fourth-order valence-electron chi connectivity index (χ4n) is 3.23. The highest BCUT2D eigenvalue weighted by molar-refractivity contribution is 5.02. The minimum Gasteiger partial charge on any atom is -0.334 e. The second kappa shape index (κ2) is 6.79. The third kappa shape index (κ3) is 3.77. The highest BCUT2D eigenvalue weighted by atomic mass is 19.4.